The lowest BCUT2D eigenvalue weighted by Crippen LogP contribution is -1.34. The first kappa shape index (κ1) is 8.84. The molecule has 0 aromatic heterocycles. The molecule has 3 radical (unpaired) electrons. The van der Waals surface area contributed by atoms with Crippen molar-refractivity contribution in [3.8, 4) is 0 Å². The van der Waals surface area contributed by atoms with Crippen molar-refractivity contribution in [2.24, 2.45) is 0 Å². The van der Waals surface area contributed by atoms with Crippen LogP contribution < -0.4 is 0 Å². The maximum absolute atomic E-state index is 9.62. The molecule has 5 heavy (non-hydrogen) atoms. The van der Waals surface area contributed by atoms with E-state index in [1.165, 1.54) is 0 Å². The van der Waals surface area contributed by atoms with E-state index in [0.29, 0.717) is 0 Å². The summed E-state index contributed by atoms with van der Waals surface area (Å²) in [6, 6.07) is 0. The second kappa shape index (κ2) is 47.3. The van der Waals surface area contributed by atoms with Gasteiger partial charge in [0, 0.05) is 0 Å². The number of rotatable bonds is 0. The molecule has 31 valence electrons. The van der Waals surface area contributed by atoms with Crippen LogP contribution in [0.5, 0.6) is 0 Å². The van der Waals surface area contributed by atoms with E-state index in [1.807, 2.05) is 0 Å². The highest BCUT2D eigenvalue weighted by molar-refractivity contribution is 3.64. The zero-order valence-corrected chi connectivity index (χ0v) is 2.34. The fourth-order valence-corrected chi connectivity index (χ4v) is 0. The van der Waals surface area contributed by atoms with Crippen molar-refractivity contribution in [1.29, 1.82) is 0 Å². The van der Waals surface area contributed by atoms with Crippen LogP contribution in [0.4, 0.5) is 13.2 Å². The van der Waals surface area contributed by atoms with Crippen molar-refractivity contribution in [3.05, 3.63) is 7.18 Å². The molecule has 0 amide bonds. The molecule has 0 aromatic carbocycles. The van der Waals surface area contributed by atoms with Crippen LogP contribution in [0.1, 0.15) is 0 Å². The molecule has 0 unspecified atom stereocenters. The summed E-state index contributed by atoms with van der Waals surface area (Å²) in [6.45, 7) is -1.75. The molecule has 0 aliphatic rings. The third-order valence-corrected chi connectivity index (χ3v) is 0. The van der Waals surface area contributed by atoms with Gasteiger partial charge in [0.1, 0.15) is 0 Å². The molecule has 0 atom stereocenters. The zero-order valence-electron chi connectivity index (χ0n) is 2.34. The smallest absolute Gasteiger partial charge is 0.232 e. The number of hydrogen-bond donors (Lipinski definition) is 0. The molecule has 0 aromatic rings. The molecule has 0 fully saturated rings. The van der Waals surface area contributed by atoms with Gasteiger partial charge >= 0.3 is 0 Å². The number of alkyl halides is 2. The first-order chi connectivity index (χ1) is 2.41. The highest BCUT2D eigenvalue weighted by Crippen LogP contribution is 1.56. The summed E-state index contributed by atoms with van der Waals surface area (Å²) >= 11 is 0. The van der Waals surface area contributed by atoms with Gasteiger partial charge in [-0.1, -0.05) is 0 Å². The average Bonchev–Trinajstić information content (AvgIpc) is 1.46. The largest absolute Gasteiger partial charge is 0.232 e. The molecular weight excluding hydrogens is 81.0 g/mol. The Labute approximate surface area is 28.6 Å². The first-order valence-corrected chi connectivity index (χ1v) is 0.724. The third-order valence-electron chi connectivity index (χ3n) is 0. The molecule has 3 heteroatoms. The monoisotopic (exact) mass is 83.0 g/mol. The fraction of sp³-hybridized carbons (Fsp3) is 0.500. The Morgan fingerprint density at radius 2 is 1.20 bits per heavy atom. The topological polar surface area (TPSA) is 0 Å². The molecule has 0 N–H and O–H groups in total. The van der Waals surface area contributed by atoms with Crippen LogP contribution in [-0.2, 0) is 0 Å². The van der Waals surface area contributed by atoms with Gasteiger partial charge in [0.25, 0.3) is 0 Å². The van der Waals surface area contributed by atoms with Crippen LogP contribution in [0.15, 0.2) is 0 Å². The van der Waals surface area contributed by atoms with Gasteiger partial charge in [0.05, 0.1) is 0 Å². The summed E-state index contributed by atoms with van der Waals surface area (Å²) in [6.07, 6.45) is 0. The Hall–Kier alpha value is -0.210. The predicted molar refractivity (Wildman–Crippen MR) is 11.4 cm³/mol. The zero-order chi connectivity index (χ0) is 4.71. The Balaban J connectivity index is 0. The van der Waals surface area contributed by atoms with Crippen LogP contribution in [0.3, 0.4) is 0 Å². The van der Waals surface area contributed by atoms with E-state index in [-0.39, 0.29) is 0 Å². The highest BCUT2D eigenvalue weighted by atomic mass is 19.3. The van der Waals surface area contributed by atoms with E-state index in [1.54, 1.807) is 0 Å². The van der Waals surface area contributed by atoms with Gasteiger partial charge < -0.3 is 0 Å². The first-order valence-electron chi connectivity index (χ1n) is 0.724. The summed E-state index contributed by atoms with van der Waals surface area (Å²) in [7, 11) is 4.25. The highest BCUT2D eigenvalue weighted by Gasteiger charge is 1.44. The molecular formula is C2H2F3. The van der Waals surface area contributed by atoms with Gasteiger partial charge in [0.2, 0.25) is 14.1 Å². The van der Waals surface area contributed by atoms with Crippen LogP contribution in [0, 0.1) is 7.18 Å². The van der Waals surface area contributed by atoms with Crippen LogP contribution >= 0.6 is 0 Å². The molecule has 0 heterocycles. The van der Waals surface area contributed by atoms with Crippen LogP contribution in [0.2, 0.25) is 0 Å². The van der Waals surface area contributed by atoms with Gasteiger partial charge in [-0.05, 0) is 0 Å². The van der Waals surface area contributed by atoms with Crippen molar-refractivity contribution in [2.75, 3.05) is 6.93 Å². The van der Waals surface area contributed by atoms with E-state index in [9.17, 15) is 8.78 Å². The average molecular weight is 83.0 g/mol. The normalized spacial score (nSPS) is 4.80. The minimum atomic E-state index is -1.75. The van der Waals surface area contributed by atoms with Crippen molar-refractivity contribution in [3.63, 3.8) is 0 Å². The summed E-state index contributed by atoms with van der Waals surface area (Å²) in [5, 5.41) is 0. The molecule has 0 aliphatic heterocycles. The number of hydrogen-bond acceptors (Lipinski definition) is 0. The van der Waals surface area contributed by atoms with Gasteiger partial charge in [-0.15, -0.1) is 0 Å². The molecule has 0 bridgehead atoms. The van der Waals surface area contributed by atoms with E-state index in [4.69, 9.17) is 4.39 Å². The maximum atomic E-state index is 9.62. The SMILES string of the molecule is FCF.[C]F. The standard InChI is InChI=1S/CH2F2.CF/c2-1-3;1-2/h1H2;. The third kappa shape index (κ3) is 275. The van der Waals surface area contributed by atoms with E-state index in [0.717, 1.165) is 0 Å². The second-order valence-electron chi connectivity index (χ2n) is 0.101. The van der Waals surface area contributed by atoms with Crippen molar-refractivity contribution < 1.29 is 13.2 Å². The van der Waals surface area contributed by atoms with Crippen LogP contribution in [-0.4, -0.2) is 6.93 Å². The van der Waals surface area contributed by atoms with Crippen molar-refractivity contribution in [1.82, 2.24) is 0 Å². The lowest BCUT2D eigenvalue weighted by Gasteiger charge is -1.42. The van der Waals surface area contributed by atoms with Crippen LogP contribution in [0.25, 0.3) is 0 Å². The Morgan fingerprint density at radius 1 is 1.20 bits per heavy atom. The predicted octanol–water partition coefficient (Wildman–Crippen LogP) is 1.38. The van der Waals surface area contributed by atoms with Gasteiger partial charge in [-0.3, -0.25) is 0 Å². The quantitative estimate of drug-likeness (QED) is 0.415. The van der Waals surface area contributed by atoms with Crippen molar-refractivity contribution in [2.45, 2.75) is 0 Å². The summed E-state index contributed by atoms with van der Waals surface area (Å²) in [5.41, 5.74) is 0. The van der Waals surface area contributed by atoms with Crippen molar-refractivity contribution >= 4 is 0 Å². The molecule has 0 rings (SSSR count). The minimum Gasteiger partial charge on any atom is -0.232 e. The van der Waals surface area contributed by atoms with E-state index < -0.39 is 6.93 Å². The Kier molecular flexibility index (Phi) is 83.6. The molecule has 0 spiro atoms. The molecule has 0 saturated heterocycles. The molecule has 0 aliphatic carbocycles. The summed E-state index contributed by atoms with van der Waals surface area (Å²) < 4.78 is 28.0. The summed E-state index contributed by atoms with van der Waals surface area (Å²) in [5.74, 6) is 0. The lowest BCUT2D eigenvalue weighted by molar-refractivity contribution is 0.295. The fourth-order valence-electron chi connectivity index (χ4n) is 0. The Bertz CT molecular complexity index is 4.85. The Morgan fingerprint density at radius 3 is 1.20 bits per heavy atom. The van der Waals surface area contributed by atoms with Gasteiger partial charge in [0.15, 0.2) is 0 Å². The van der Waals surface area contributed by atoms with Gasteiger partial charge in [-0.25, -0.2) is 13.2 Å². The number of halogens is 3. The van der Waals surface area contributed by atoms with Gasteiger partial charge in [-0.2, -0.15) is 0 Å². The minimum absolute atomic E-state index is 1.75. The van der Waals surface area contributed by atoms with E-state index in [2.05, 4.69) is 7.18 Å². The molecule has 0 nitrogen and oxygen atoms in total. The maximum Gasteiger partial charge on any atom is 0.232 e. The van der Waals surface area contributed by atoms with E-state index >= 15 is 0 Å². The molecule has 0 saturated carbocycles. The lowest BCUT2D eigenvalue weighted by atomic mass is 11.7. The summed E-state index contributed by atoms with van der Waals surface area (Å²) in [4.78, 5) is 0. The second-order valence-corrected chi connectivity index (χ2v) is 0.101.